The summed E-state index contributed by atoms with van der Waals surface area (Å²) in [7, 11) is 0. The van der Waals surface area contributed by atoms with Crippen LogP contribution in [0.4, 0.5) is 9.18 Å². The third-order valence-electron chi connectivity index (χ3n) is 16.8. The minimum atomic E-state index is -0.590. The van der Waals surface area contributed by atoms with Crippen LogP contribution in [0.25, 0.3) is 0 Å². The van der Waals surface area contributed by atoms with Gasteiger partial charge in [0.1, 0.15) is 11.4 Å². The summed E-state index contributed by atoms with van der Waals surface area (Å²) in [5, 5.41) is 11.3. The Labute approximate surface area is 289 Å². The predicted molar refractivity (Wildman–Crippen MR) is 183 cm³/mol. The number of carbonyl (C=O) groups is 2. The minimum absolute atomic E-state index is 0.0770. The Kier molecular flexibility index (Phi) is 6.61. The highest BCUT2D eigenvalue weighted by molar-refractivity contribution is 6.31. The summed E-state index contributed by atoms with van der Waals surface area (Å²) < 4.78 is 21.8. The Bertz CT molecular complexity index is 1650. The van der Waals surface area contributed by atoms with E-state index in [9.17, 15) is 14.7 Å². The number of hydrogen-bond donors (Lipinski definition) is 1. The minimum Gasteiger partial charge on any atom is -0.440 e. The Morgan fingerprint density at radius 2 is 1.77 bits per heavy atom. The molecule has 1 aliphatic heterocycles. The van der Waals surface area contributed by atoms with Crippen LogP contribution in [-0.4, -0.2) is 46.7 Å². The lowest BCUT2D eigenvalue weighted by Crippen LogP contribution is -2.67. The first-order chi connectivity index (χ1) is 22.7. The van der Waals surface area contributed by atoms with E-state index in [1.54, 1.807) is 12.1 Å². The average Bonchev–Trinajstić information content (AvgIpc) is 3.52. The van der Waals surface area contributed by atoms with E-state index in [-0.39, 0.29) is 51.5 Å². The number of carbonyl (C=O) groups excluding carboxylic acids is 2. The number of rotatable bonds is 5. The number of halogens is 2. The molecule has 7 fully saturated rings. The molecule has 6 saturated carbocycles. The molecule has 1 amide bonds. The molecule has 11 atom stereocenters. The van der Waals surface area contributed by atoms with Crippen molar-refractivity contribution in [2.75, 3.05) is 13.1 Å². The zero-order valence-electron chi connectivity index (χ0n) is 29.0. The van der Waals surface area contributed by atoms with Gasteiger partial charge in [-0.25, -0.2) is 9.18 Å². The number of nitrogens with zero attached hydrogens (tertiary/aromatic N) is 1. The molecule has 5 nitrogen and oxygen atoms in total. The van der Waals surface area contributed by atoms with Crippen LogP contribution < -0.4 is 0 Å². The third kappa shape index (κ3) is 3.78. The molecule has 10 aliphatic rings. The second-order valence-electron chi connectivity index (χ2n) is 18.5. The third-order valence-corrected chi connectivity index (χ3v) is 17.2. The molecule has 1 aromatic carbocycles. The van der Waals surface area contributed by atoms with Crippen LogP contribution in [0.1, 0.15) is 97.5 Å². The first kappa shape index (κ1) is 31.8. The smallest absolute Gasteiger partial charge is 0.410 e. The maximum Gasteiger partial charge on any atom is 0.410 e. The zero-order chi connectivity index (χ0) is 33.6. The van der Waals surface area contributed by atoms with Gasteiger partial charge in [0.05, 0.1) is 12.6 Å². The van der Waals surface area contributed by atoms with Gasteiger partial charge >= 0.3 is 6.09 Å². The van der Waals surface area contributed by atoms with Crippen molar-refractivity contribution in [3.05, 3.63) is 58.4 Å². The van der Waals surface area contributed by atoms with Crippen molar-refractivity contribution < 1.29 is 23.8 Å². The molecule has 1 heterocycles. The van der Waals surface area contributed by atoms with Crippen molar-refractivity contribution in [1.29, 1.82) is 0 Å². The van der Waals surface area contributed by atoms with E-state index < -0.39 is 28.4 Å². The molecule has 11 rings (SSSR count). The van der Waals surface area contributed by atoms with Crippen molar-refractivity contribution >= 4 is 23.5 Å². The number of hydrogen-bond acceptors (Lipinski definition) is 4. The van der Waals surface area contributed by atoms with Gasteiger partial charge in [0.15, 0.2) is 5.78 Å². The fraction of sp³-hybridized carbons (Fsp3) is 0.707. The van der Waals surface area contributed by atoms with E-state index in [4.69, 9.17) is 16.3 Å². The molecule has 7 heteroatoms. The summed E-state index contributed by atoms with van der Waals surface area (Å²) in [5.41, 5.74) is -0.589. The van der Waals surface area contributed by atoms with E-state index >= 15 is 4.39 Å². The fourth-order valence-corrected chi connectivity index (χ4v) is 14.2. The van der Waals surface area contributed by atoms with Gasteiger partial charge in [-0.2, -0.15) is 0 Å². The number of ether oxygens (including phenoxy) is 1. The summed E-state index contributed by atoms with van der Waals surface area (Å²) in [4.78, 5) is 30.6. The van der Waals surface area contributed by atoms with Gasteiger partial charge in [0.2, 0.25) is 0 Å². The van der Waals surface area contributed by atoms with Crippen molar-refractivity contribution in [2.24, 2.45) is 56.7 Å². The van der Waals surface area contributed by atoms with Gasteiger partial charge in [-0.05, 0) is 117 Å². The van der Waals surface area contributed by atoms with Crippen LogP contribution in [0, 0.1) is 62.5 Å². The second kappa shape index (κ2) is 9.99. The normalized spacial score (nSPS) is 47.6. The summed E-state index contributed by atoms with van der Waals surface area (Å²) >= 11 is 6.48. The molecule has 9 aliphatic carbocycles. The lowest BCUT2D eigenvalue weighted by molar-refractivity contribution is -0.169. The monoisotopic (exact) mass is 675 g/mol. The molecule has 1 aromatic rings. The first-order valence-electron chi connectivity index (χ1n) is 18.8. The number of amides is 1. The highest BCUT2D eigenvalue weighted by Gasteiger charge is 2.76. The zero-order valence-corrected chi connectivity index (χ0v) is 29.8. The van der Waals surface area contributed by atoms with Gasteiger partial charge in [0.25, 0.3) is 0 Å². The number of fused-ring (bicyclic) bond motifs is 4. The van der Waals surface area contributed by atoms with E-state index in [0.717, 1.165) is 56.6 Å². The molecule has 3 spiro atoms. The number of aliphatic hydroxyl groups excluding tert-OH is 1. The molecule has 11 unspecified atom stereocenters. The highest BCUT2D eigenvalue weighted by Crippen LogP contribution is 2.79. The van der Waals surface area contributed by atoms with Crippen LogP contribution in [-0.2, 0) is 16.0 Å². The maximum atomic E-state index is 15.1. The van der Waals surface area contributed by atoms with Crippen LogP contribution in [0.5, 0.6) is 0 Å². The van der Waals surface area contributed by atoms with E-state index in [1.807, 2.05) is 4.90 Å². The topological polar surface area (TPSA) is 66.8 Å². The first-order valence-corrected chi connectivity index (χ1v) is 19.1. The molecule has 0 aromatic heterocycles. The molecule has 258 valence electrons. The number of allylic oxidation sites excluding steroid dienone is 4. The Morgan fingerprint density at radius 1 is 1.02 bits per heavy atom. The molecule has 1 saturated heterocycles. The standard InChI is InChI=1S/C41H51ClFNO4/c1-36(2)25-9-8-24(28(36)18-25)22-44-23-40(48-35(44)47)15-12-34-38(40,4)14-11-33-37(3)13-10-26(45)20-39(37)16-17-41(33,34)29(21-39)32(46)19-27-30(42)6-5-7-31(27)43/h5-7,16-17,21,24-26,28,33-34,45H,8-15,18-20,22-23H2,1-4H3. The largest absolute Gasteiger partial charge is 0.440 e. The Morgan fingerprint density at radius 3 is 2.52 bits per heavy atom. The summed E-state index contributed by atoms with van der Waals surface area (Å²) in [5.74, 6) is 1.80. The van der Waals surface area contributed by atoms with Crippen molar-refractivity contribution in [2.45, 2.75) is 110 Å². The van der Waals surface area contributed by atoms with Crippen molar-refractivity contribution in [3.63, 3.8) is 0 Å². The van der Waals surface area contributed by atoms with Crippen LogP contribution in [0.15, 0.2) is 42.0 Å². The summed E-state index contributed by atoms with van der Waals surface area (Å²) in [6, 6.07) is 4.60. The molecular weight excluding hydrogens is 625 g/mol. The van der Waals surface area contributed by atoms with Crippen molar-refractivity contribution in [3.8, 4) is 0 Å². The predicted octanol–water partition coefficient (Wildman–Crippen LogP) is 8.71. The number of Topliss-reactive ketones (excluding diaryl/α,β-unsaturated/α-hetero) is 1. The van der Waals surface area contributed by atoms with Gasteiger partial charge in [-0.1, -0.05) is 63.6 Å². The highest BCUT2D eigenvalue weighted by atomic mass is 35.5. The lowest BCUT2D eigenvalue weighted by Gasteiger charge is -2.71. The Hall–Kier alpha value is -2.18. The van der Waals surface area contributed by atoms with E-state index in [2.05, 4.69) is 45.9 Å². The average molecular weight is 676 g/mol. The lowest BCUT2D eigenvalue weighted by atomic mass is 9.32. The van der Waals surface area contributed by atoms with Gasteiger partial charge in [0, 0.05) is 45.4 Å². The van der Waals surface area contributed by atoms with E-state index in [0.29, 0.717) is 30.2 Å². The number of ketones is 1. The molecular formula is C41H51ClFNO4. The summed E-state index contributed by atoms with van der Waals surface area (Å²) in [6.45, 7) is 11.0. The van der Waals surface area contributed by atoms with Crippen molar-refractivity contribution in [1.82, 2.24) is 4.90 Å². The number of benzene rings is 1. The van der Waals surface area contributed by atoms with Gasteiger partial charge < -0.3 is 14.7 Å². The Balaban J connectivity index is 1.09. The summed E-state index contributed by atoms with van der Waals surface area (Å²) in [6.07, 6.45) is 15.8. The molecule has 4 bridgehead atoms. The van der Waals surface area contributed by atoms with Gasteiger partial charge in [-0.15, -0.1) is 0 Å². The molecule has 48 heavy (non-hydrogen) atoms. The van der Waals surface area contributed by atoms with Crippen LogP contribution in [0.2, 0.25) is 5.02 Å². The second-order valence-corrected chi connectivity index (χ2v) is 18.9. The van der Waals surface area contributed by atoms with E-state index in [1.165, 1.54) is 25.3 Å². The quantitative estimate of drug-likeness (QED) is 0.317. The maximum absolute atomic E-state index is 15.1. The fourth-order valence-electron chi connectivity index (χ4n) is 14.0. The SMILES string of the molecule is CC1(C)C2CCC(CN3CC4(CCC5C67C=CC8(C=C6C(=O)Cc6c(F)cccc6Cl)CC(O)CCC8(C)C7CCC54C)OC3=O)C1C2. The molecule has 1 N–H and O–H groups in total. The molecule has 0 radical (unpaired) electrons. The number of aliphatic hydroxyl groups is 1. The van der Waals surface area contributed by atoms with Crippen LogP contribution in [0.3, 0.4) is 0 Å². The van der Waals surface area contributed by atoms with Gasteiger partial charge in [-0.3, -0.25) is 4.79 Å². The van der Waals surface area contributed by atoms with Crippen LogP contribution >= 0.6 is 11.6 Å².